The molecular formula is C21H27IN4O3. The number of fused-ring (bicyclic) bond motifs is 1. The molecule has 1 amide bonds. The summed E-state index contributed by atoms with van der Waals surface area (Å²) in [6, 6.07) is 13.7. The molecule has 1 aliphatic rings. The van der Waals surface area contributed by atoms with Crippen LogP contribution >= 0.6 is 24.0 Å². The molecule has 0 spiro atoms. The van der Waals surface area contributed by atoms with Crippen molar-refractivity contribution < 1.29 is 14.3 Å². The Hall–Kier alpha value is -2.49. The maximum Gasteiger partial charge on any atom is 0.224 e. The largest absolute Gasteiger partial charge is 0.497 e. The third-order valence-corrected chi connectivity index (χ3v) is 4.48. The molecule has 0 atom stereocenters. The third-order valence-electron chi connectivity index (χ3n) is 4.48. The lowest BCUT2D eigenvalue weighted by atomic mass is 10.0. The zero-order valence-electron chi connectivity index (χ0n) is 16.7. The minimum Gasteiger partial charge on any atom is -0.497 e. The molecule has 0 radical (unpaired) electrons. The first kappa shape index (κ1) is 22.8. The van der Waals surface area contributed by atoms with Crippen LogP contribution in [0.15, 0.2) is 47.5 Å². The van der Waals surface area contributed by atoms with Gasteiger partial charge in [0, 0.05) is 25.7 Å². The number of aliphatic imine (C=N–C) groups is 1. The van der Waals surface area contributed by atoms with E-state index in [0.29, 0.717) is 32.1 Å². The van der Waals surface area contributed by atoms with Crippen LogP contribution in [0.2, 0.25) is 0 Å². The van der Waals surface area contributed by atoms with Crippen LogP contribution in [0.1, 0.15) is 17.5 Å². The second-order valence-electron chi connectivity index (χ2n) is 6.42. The molecule has 0 aliphatic carbocycles. The number of aryl methyl sites for hydroxylation is 1. The second kappa shape index (κ2) is 11.5. The number of nitrogens with zero attached hydrogens (tertiary/aromatic N) is 1. The van der Waals surface area contributed by atoms with Gasteiger partial charge in [-0.1, -0.05) is 12.1 Å². The van der Waals surface area contributed by atoms with E-state index < -0.39 is 0 Å². The molecular weight excluding hydrogens is 483 g/mol. The van der Waals surface area contributed by atoms with E-state index in [1.807, 2.05) is 42.5 Å². The SMILES string of the molecule is CN=C(NCCOc1ccc2c(c1)CCC(=O)N2)NCc1ccc(OC)cc1.I. The first-order valence-electron chi connectivity index (χ1n) is 9.31. The molecule has 156 valence electrons. The number of halogens is 1. The molecule has 8 heteroatoms. The lowest BCUT2D eigenvalue weighted by Gasteiger charge is -2.18. The Bertz CT molecular complexity index is 840. The summed E-state index contributed by atoms with van der Waals surface area (Å²) in [5, 5.41) is 9.37. The number of hydrogen-bond acceptors (Lipinski definition) is 4. The highest BCUT2D eigenvalue weighted by Crippen LogP contribution is 2.26. The monoisotopic (exact) mass is 510 g/mol. The van der Waals surface area contributed by atoms with E-state index in [-0.39, 0.29) is 29.9 Å². The summed E-state index contributed by atoms with van der Waals surface area (Å²) < 4.78 is 11.0. The van der Waals surface area contributed by atoms with Crippen LogP contribution in [0.3, 0.4) is 0 Å². The van der Waals surface area contributed by atoms with Gasteiger partial charge in [0.05, 0.1) is 13.7 Å². The van der Waals surface area contributed by atoms with Gasteiger partial charge in [-0.2, -0.15) is 0 Å². The fourth-order valence-corrected chi connectivity index (χ4v) is 2.94. The van der Waals surface area contributed by atoms with E-state index in [1.165, 1.54) is 0 Å². The summed E-state index contributed by atoms with van der Waals surface area (Å²) in [7, 11) is 3.39. The molecule has 0 saturated carbocycles. The minimum atomic E-state index is 0. The van der Waals surface area contributed by atoms with Crippen molar-refractivity contribution in [3.63, 3.8) is 0 Å². The zero-order chi connectivity index (χ0) is 19.8. The van der Waals surface area contributed by atoms with Gasteiger partial charge < -0.3 is 25.4 Å². The van der Waals surface area contributed by atoms with Crippen LogP contribution in [0.25, 0.3) is 0 Å². The number of guanidine groups is 1. The van der Waals surface area contributed by atoms with Crippen LogP contribution in [0.5, 0.6) is 11.5 Å². The lowest BCUT2D eigenvalue weighted by molar-refractivity contribution is -0.116. The average molecular weight is 510 g/mol. The minimum absolute atomic E-state index is 0. The van der Waals surface area contributed by atoms with Gasteiger partial charge in [0.15, 0.2) is 5.96 Å². The molecule has 0 saturated heterocycles. The molecule has 0 bridgehead atoms. The summed E-state index contributed by atoms with van der Waals surface area (Å²) in [5.41, 5.74) is 3.13. The van der Waals surface area contributed by atoms with Gasteiger partial charge in [-0.3, -0.25) is 9.79 Å². The van der Waals surface area contributed by atoms with Crippen molar-refractivity contribution in [2.75, 3.05) is 32.6 Å². The van der Waals surface area contributed by atoms with Crippen molar-refractivity contribution in [3.8, 4) is 11.5 Å². The van der Waals surface area contributed by atoms with Crippen molar-refractivity contribution in [1.82, 2.24) is 10.6 Å². The first-order chi connectivity index (χ1) is 13.7. The molecule has 29 heavy (non-hydrogen) atoms. The topological polar surface area (TPSA) is 84.0 Å². The lowest BCUT2D eigenvalue weighted by Crippen LogP contribution is -2.38. The highest BCUT2D eigenvalue weighted by Gasteiger charge is 2.14. The number of rotatable bonds is 7. The Kier molecular flexibility index (Phi) is 9.04. The number of anilines is 1. The highest BCUT2D eigenvalue weighted by atomic mass is 127. The number of amides is 1. The summed E-state index contributed by atoms with van der Waals surface area (Å²) in [5.74, 6) is 2.43. The van der Waals surface area contributed by atoms with Crippen molar-refractivity contribution in [2.45, 2.75) is 19.4 Å². The van der Waals surface area contributed by atoms with E-state index in [0.717, 1.165) is 34.7 Å². The predicted molar refractivity (Wildman–Crippen MR) is 125 cm³/mol. The highest BCUT2D eigenvalue weighted by molar-refractivity contribution is 14.0. The van der Waals surface area contributed by atoms with E-state index >= 15 is 0 Å². The predicted octanol–water partition coefficient (Wildman–Crippen LogP) is 2.94. The van der Waals surface area contributed by atoms with Crippen LogP contribution in [0, 0.1) is 0 Å². The Morgan fingerprint density at radius 2 is 1.86 bits per heavy atom. The summed E-state index contributed by atoms with van der Waals surface area (Å²) in [6.45, 7) is 1.80. The second-order valence-corrected chi connectivity index (χ2v) is 6.42. The number of ether oxygens (including phenoxy) is 2. The third kappa shape index (κ3) is 6.81. The molecule has 1 heterocycles. The van der Waals surface area contributed by atoms with E-state index in [9.17, 15) is 4.79 Å². The summed E-state index contributed by atoms with van der Waals surface area (Å²) in [6.07, 6.45) is 1.27. The van der Waals surface area contributed by atoms with Gasteiger partial charge in [0.2, 0.25) is 5.91 Å². The number of benzene rings is 2. The molecule has 0 fully saturated rings. The Balaban J connectivity index is 0.00000300. The van der Waals surface area contributed by atoms with Crippen molar-refractivity contribution in [2.24, 2.45) is 4.99 Å². The number of hydrogen-bond donors (Lipinski definition) is 3. The molecule has 2 aromatic carbocycles. The van der Waals surface area contributed by atoms with Crippen LogP contribution in [-0.4, -0.2) is 39.2 Å². The number of nitrogens with one attached hydrogen (secondary N) is 3. The fraction of sp³-hybridized carbons (Fsp3) is 0.333. The quantitative estimate of drug-likeness (QED) is 0.231. The molecule has 3 rings (SSSR count). The van der Waals surface area contributed by atoms with Crippen LogP contribution < -0.4 is 25.4 Å². The number of methoxy groups -OCH3 is 1. The molecule has 2 aromatic rings. The molecule has 7 nitrogen and oxygen atoms in total. The smallest absolute Gasteiger partial charge is 0.224 e. The maximum atomic E-state index is 11.4. The maximum absolute atomic E-state index is 11.4. The van der Waals surface area contributed by atoms with E-state index in [2.05, 4.69) is 20.9 Å². The fourth-order valence-electron chi connectivity index (χ4n) is 2.94. The van der Waals surface area contributed by atoms with Gasteiger partial charge in [-0.25, -0.2) is 0 Å². The molecule has 0 unspecified atom stereocenters. The Labute approximate surface area is 188 Å². The van der Waals surface area contributed by atoms with Crippen molar-refractivity contribution in [1.29, 1.82) is 0 Å². The summed E-state index contributed by atoms with van der Waals surface area (Å²) in [4.78, 5) is 15.6. The van der Waals surface area contributed by atoms with E-state index in [4.69, 9.17) is 9.47 Å². The molecule has 1 aliphatic heterocycles. The van der Waals surface area contributed by atoms with Gasteiger partial charge in [0.25, 0.3) is 0 Å². The average Bonchev–Trinajstić information content (AvgIpc) is 2.73. The van der Waals surface area contributed by atoms with Crippen molar-refractivity contribution in [3.05, 3.63) is 53.6 Å². The normalized spacial score (nSPS) is 12.9. The zero-order valence-corrected chi connectivity index (χ0v) is 19.0. The Morgan fingerprint density at radius 3 is 2.59 bits per heavy atom. The first-order valence-corrected chi connectivity index (χ1v) is 9.31. The summed E-state index contributed by atoms with van der Waals surface area (Å²) >= 11 is 0. The van der Waals surface area contributed by atoms with Crippen LogP contribution in [0.4, 0.5) is 5.69 Å². The van der Waals surface area contributed by atoms with Crippen LogP contribution in [-0.2, 0) is 17.8 Å². The molecule has 0 aromatic heterocycles. The van der Waals surface area contributed by atoms with Gasteiger partial charge in [0.1, 0.15) is 18.1 Å². The van der Waals surface area contributed by atoms with Gasteiger partial charge in [-0.15, -0.1) is 24.0 Å². The number of carbonyl (C=O) groups is 1. The van der Waals surface area contributed by atoms with Gasteiger partial charge in [-0.05, 0) is 47.9 Å². The standard InChI is InChI=1S/C21H26N4O3.HI/c1-22-21(24-14-15-3-6-17(27-2)7-4-15)23-11-12-28-18-8-9-19-16(13-18)5-10-20(26)25-19;/h3-4,6-9,13H,5,10-12,14H2,1-2H3,(H,25,26)(H2,22,23,24);1H. The Morgan fingerprint density at radius 1 is 1.10 bits per heavy atom. The molecule has 3 N–H and O–H groups in total. The van der Waals surface area contributed by atoms with Crippen molar-refractivity contribution >= 4 is 41.5 Å². The van der Waals surface area contributed by atoms with Gasteiger partial charge >= 0.3 is 0 Å². The number of carbonyl (C=O) groups excluding carboxylic acids is 1. The van der Waals surface area contributed by atoms with E-state index in [1.54, 1.807) is 14.2 Å².